The molecule has 0 aliphatic heterocycles. The van der Waals surface area contributed by atoms with E-state index in [0.717, 1.165) is 5.56 Å². The van der Waals surface area contributed by atoms with Crippen molar-refractivity contribution in [3.05, 3.63) is 34.9 Å². The molecule has 0 saturated heterocycles. The van der Waals surface area contributed by atoms with Gasteiger partial charge in [-0.1, -0.05) is 23.7 Å². The van der Waals surface area contributed by atoms with E-state index in [0.29, 0.717) is 16.8 Å². The minimum atomic E-state index is 0.306. The highest BCUT2D eigenvalue weighted by atomic mass is 35.5. The minimum Gasteiger partial charge on any atom is -0.198 e. The third-order valence-corrected chi connectivity index (χ3v) is 1.41. The SMILES string of the molecule is CC(C)Cl.N#CCc1cccc(Cl)c1. The van der Waals surface area contributed by atoms with Gasteiger partial charge in [-0.25, -0.2) is 0 Å². The van der Waals surface area contributed by atoms with Crippen LogP contribution in [0.5, 0.6) is 0 Å². The van der Waals surface area contributed by atoms with Crippen LogP contribution in [0, 0.1) is 11.3 Å². The second-order valence-corrected chi connectivity index (χ2v) is 4.29. The van der Waals surface area contributed by atoms with Crippen molar-refractivity contribution in [3.8, 4) is 6.07 Å². The van der Waals surface area contributed by atoms with E-state index in [-0.39, 0.29) is 0 Å². The van der Waals surface area contributed by atoms with Gasteiger partial charge in [0.15, 0.2) is 0 Å². The van der Waals surface area contributed by atoms with Crippen molar-refractivity contribution >= 4 is 23.2 Å². The van der Waals surface area contributed by atoms with Crippen LogP contribution in [-0.4, -0.2) is 5.38 Å². The molecule has 1 rings (SSSR count). The quantitative estimate of drug-likeness (QED) is 0.668. The molecule has 1 aromatic carbocycles. The summed E-state index contributed by atoms with van der Waals surface area (Å²) < 4.78 is 0. The van der Waals surface area contributed by atoms with Crippen molar-refractivity contribution in [2.24, 2.45) is 0 Å². The molecule has 0 heterocycles. The molecule has 0 spiro atoms. The van der Waals surface area contributed by atoms with Gasteiger partial charge in [0.25, 0.3) is 0 Å². The molecule has 0 amide bonds. The van der Waals surface area contributed by atoms with E-state index in [4.69, 9.17) is 28.5 Å². The topological polar surface area (TPSA) is 23.8 Å². The average molecular weight is 230 g/mol. The molecule has 14 heavy (non-hydrogen) atoms. The summed E-state index contributed by atoms with van der Waals surface area (Å²) in [6.07, 6.45) is 0.431. The van der Waals surface area contributed by atoms with E-state index in [9.17, 15) is 0 Å². The number of hydrogen-bond acceptors (Lipinski definition) is 1. The van der Waals surface area contributed by atoms with Crippen molar-refractivity contribution in [3.63, 3.8) is 0 Å². The Hall–Kier alpha value is -0.710. The van der Waals surface area contributed by atoms with Crippen LogP contribution >= 0.6 is 23.2 Å². The maximum absolute atomic E-state index is 8.32. The number of nitrogens with zero attached hydrogens (tertiary/aromatic N) is 1. The summed E-state index contributed by atoms with van der Waals surface area (Å²) in [6.45, 7) is 3.86. The number of benzene rings is 1. The van der Waals surface area contributed by atoms with E-state index in [1.54, 1.807) is 12.1 Å². The molecular weight excluding hydrogens is 217 g/mol. The summed E-state index contributed by atoms with van der Waals surface area (Å²) in [7, 11) is 0. The molecule has 0 aliphatic carbocycles. The van der Waals surface area contributed by atoms with E-state index < -0.39 is 0 Å². The normalized spacial score (nSPS) is 8.86. The summed E-state index contributed by atoms with van der Waals surface area (Å²) in [4.78, 5) is 0. The Kier molecular flexibility index (Phi) is 7.28. The molecule has 0 aliphatic rings. The predicted molar refractivity (Wildman–Crippen MR) is 61.8 cm³/mol. The summed E-state index contributed by atoms with van der Waals surface area (Å²) in [6, 6.07) is 9.37. The lowest BCUT2D eigenvalue weighted by Crippen LogP contribution is -1.78. The number of alkyl halides is 1. The fourth-order valence-corrected chi connectivity index (χ4v) is 0.951. The van der Waals surface area contributed by atoms with Crippen LogP contribution in [-0.2, 0) is 6.42 Å². The Labute approximate surface area is 95.3 Å². The van der Waals surface area contributed by atoms with Gasteiger partial charge in [-0.2, -0.15) is 5.26 Å². The van der Waals surface area contributed by atoms with Crippen LogP contribution in [0.15, 0.2) is 24.3 Å². The van der Waals surface area contributed by atoms with Crippen molar-refractivity contribution in [2.75, 3.05) is 0 Å². The highest BCUT2D eigenvalue weighted by Gasteiger charge is 1.90. The Morgan fingerprint density at radius 3 is 2.43 bits per heavy atom. The fraction of sp³-hybridized carbons (Fsp3) is 0.364. The van der Waals surface area contributed by atoms with Gasteiger partial charge in [0.2, 0.25) is 0 Å². The lowest BCUT2D eigenvalue weighted by Gasteiger charge is -1.92. The molecule has 0 radical (unpaired) electrons. The van der Waals surface area contributed by atoms with Gasteiger partial charge in [0.05, 0.1) is 12.5 Å². The van der Waals surface area contributed by atoms with E-state index in [2.05, 4.69) is 6.07 Å². The molecule has 0 unspecified atom stereocenters. The molecule has 1 nitrogen and oxygen atoms in total. The molecule has 0 bridgehead atoms. The first-order valence-electron chi connectivity index (χ1n) is 4.31. The first kappa shape index (κ1) is 13.3. The molecule has 0 atom stereocenters. The van der Waals surface area contributed by atoms with Gasteiger partial charge in [-0.3, -0.25) is 0 Å². The third-order valence-electron chi connectivity index (χ3n) is 1.17. The van der Waals surface area contributed by atoms with Crippen molar-refractivity contribution in [2.45, 2.75) is 25.6 Å². The Morgan fingerprint density at radius 2 is 2.00 bits per heavy atom. The minimum absolute atomic E-state index is 0.306. The number of halogens is 2. The molecule has 1 aromatic rings. The number of hydrogen-bond donors (Lipinski definition) is 0. The molecule has 0 saturated carbocycles. The van der Waals surface area contributed by atoms with Gasteiger partial charge in [0.1, 0.15) is 0 Å². The second kappa shape index (κ2) is 7.67. The largest absolute Gasteiger partial charge is 0.198 e. The Balaban J connectivity index is 0.000000364. The Morgan fingerprint density at radius 1 is 1.43 bits per heavy atom. The molecule has 0 fully saturated rings. The van der Waals surface area contributed by atoms with Crippen molar-refractivity contribution < 1.29 is 0 Å². The van der Waals surface area contributed by atoms with Gasteiger partial charge in [-0.05, 0) is 31.5 Å². The highest BCUT2D eigenvalue weighted by molar-refractivity contribution is 6.30. The first-order valence-corrected chi connectivity index (χ1v) is 5.13. The van der Waals surface area contributed by atoms with Crippen LogP contribution in [0.25, 0.3) is 0 Å². The molecular formula is C11H13Cl2N. The number of nitriles is 1. The molecule has 0 aromatic heterocycles. The zero-order valence-electron chi connectivity index (χ0n) is 8.30. The molecule has 76 valence electrons. The standard InChI is InChI=1S/C8H6ClN.C3H7Cl/c9-8-3-1-2-7(6-8)4-5-10;1-3(2)4/h1-3,6H,4H2;3H,1-2H3. The van der Waals surface area contributed by atoms with E-state index in [1.807, 2.05) is 26.0 Å². The summed E-state index contributed by atoms with van der Waals surface area (Å²) in [5, 5.41) is 9.31. The van der Waals surface area contributed by atoms with Crippen LogP contribution in [0.4, 0.5) is 0 Å². The predicted octanol–water partition coefficient (Wildman–Crippen LogP) is 4.04. The van der Waals surface area contributed by atoms with Gasteiger partial charge >= 0.3 is 0 Å². The zero-order chi connectivity index (χ0) is 11.0. The first-order chi connectivity index (χ1) is 6.56. The highest BCUT2D eigenvalue weighted by Crippen LogP contribution is 2.10. The lowest BCUT2D eigenvalue weighted by molar-refractivity contribution is 1.10. The van der Waals surface area contributed by atoms with E-state index in [1.165, 1.54) is 0 Å². The number of rotatable bonds is 1. The Bertz CT molecular complexity index is 300. The summed E-state index contributed by atoms with van der Waals surface area (Å²) >= 11 is 10.9. The lowest BCUT2D eigenvalue weighted by atomic mass is 10.2. The third kappa shape index (κ3) is 7.91. The van der Waals surface area contributed by atoms with Gasteiger partial charge in [0, 0.05) is 10.4 Å². The smallest absolute Gasteiger partial charge is 0.0669 e. The zero-order valence-corrected chi connectivity index (χ0v) is 9.81. The van der Waals surface area contributed by atoms with Crippen LogP contribution < -0.4 is 0 Å². The summed E-state index contributed by atoms with van der Waals surface area (Å²) in [5.41, 5.74) is 0.968. The molecule has 0 N–H and O–H groups in total. The second-order valence-electron chi connectivity index (χ2n) is 2.98. The summed E-state index contributed by atoms with van der Waals surface area (Å²) in [5.74, 6) is 0. The molecule has 3 heteroatoms. The average Bonchev–Trinajstić information content (AvgIpc) is 2.03. The maximum atomic E-state index is 8.32. The van der Waals surface area contributed by atoms with Crippen LogP contribution in [0.1, 0.15) is 19.4 Å². The van der Waals surface area contributed by atoms with Gasteiger partial charge in [-0.15, -0.1) is 11.6 Å². The fourth-order valence-electron chi connectivity index (χ4n) is 0.738. The van der Waals surface area contributed by atoms with Crippen molar-refractivity contribution in [1.82, 2.24) is 0 Å². The van der Waals surface area contributed by atoms with Crippen LogP contribution in [0.3, 0.4) is 0 Å². The van der Waals surface area contributed by atoms with E-state index >= 15 is 0 Å². The van der Waals surface area contributed by atoms with Crippen molar-refractivity contribution in [1.29, 1.82) is 5.26 Å². The maximum Gasteiger partial charge on any atom is 0.0669 e. The van der Waals surface area contributed by atoms with Crippen LogP contribution in [0.2, 0.25) is 5.02 Å². The monoisotopic (exact) mass is 229 g/mol. The van der Waals surface area contributed by atoms with Gasteiger partial charge < -0.3 is 0 Å².